The van der Waals surface area contributed by atoms with E-state index in [4.69, 9.17) is 0 Å². The molecule has 0 saturated heterocycles. The van der Waals surface area contributed by atoms with Crippen LogP contribution >= 0.6 is 0 Å². The second-order valence-electron chi connectivity index (χ2n) is 5.61. The highest BCUT2D eigenvalue weighted by molar-refractivity contribution is 5.30. The van der Waals surface area contributed by atoms with E-state index >= 15 is 0 Å². The van der Waals surface area contributed by atoms with Crippen LogP contribution in [0.2, 0.25) is 0 Å². The molecule has 3 unspecified atom stereocenters. The summed E-state index contributed by atoms with van der Waals surface area (Å²) in [6.45, 7) is 4.29. The summed E-state index contributed by atoms with van der Waals surface area (Å²) in [5.74, 6) is 1.44. The highest BCUT2D eigenvalue weighted by atomic mass is 19.1. The van der Waals surface area contributed by atoms with E-state index in [0.29, 0.717) is 12.0 Å². The largest absolute Gasteiger partial charge is 0.313 e. The maximum Gasteiger partial charge on any atom is 0.123 e. The van der Waals surface area contributed by atoms with E-state index in [0.717, 1.165) is 11.5 Å². The standard InChI is InChI=1S/C16H24FN/c1-4-12-5-6-13(10-12)16(18-3)15-8-7-14(17)9-11(15)2/h7-9,12-13,16,18H,4-6,10H2,1-3H3. The molecule has 0 radical (unpaired) electrons. The Bertz CT molecular complexity index is 402. The molecule has 1 fully saturated rings. The molecule has 3 atom stereocenters. The summed E-state index contributed by atoms with van der Waals surface area (Å²) < 4.78 is 13.2. The number of rotatable bonds is 4. The van der Waals surface area contributed by atoms with Crippen LogP contribution in [-0.2, 0) is 0 Å². The number of nitrogens with one attached hydrogen (secondary N) is 1. The number of hydrogen-bond donors (Lipinski definition) is 1. The van der Waals surface area contributed by atoms with Crippen molar-refractivity contribution < 1.29 is 4.39 Å². The number of hydrogen-bond acceptors (Lipinski definition) is 1. The molecule has 0 heterocycles. The third-order valence-electron chi connectivity index (χ3n) is 4.51. The van der Waals surface area contributed by atoms with E-state index in [-0.39, 0.29) is 5.82 Å². The number of benzene rings is 1. The third-order valence-corrected chi connectivity index (χ3v) is 4.51. The van der Waals surface area contributed by atoms with Crippen molar-refractivity contribution in [1.29, 1.82) is 0 Å². The van der Waals surface area contributed by atoms with E-state index in [9.17, 15) is 4.39 Å². The first-order chi connectivity index (χ1) is 8.65. The fraction of sp³-hybridized carbons (Fsp3) is 0.625. The zero-order valence-corrected chi connectivity index (χ0v) is 11.7. The second kappa shape index (κ2) is 5.83. The van der Waals surface area contributed by atoms with Crippen LogP contribution in [0.5, 0.6) is 0 Å². The molecule has 0 aromatic heterocycles. The van der Waals surface area contributed by atoms with Gasteiger partial charge in [-0.3, -0.25) is 0 Å². The topological polar surface area (TPSA) is 12.0 Å². The van der Waals surface area contributed by atoms with E-state index < -0.39 is 0 Å². The van der Waals surface area contributed by atoms with Crippen molar-refractivity contribution in [3.8, 4) is 0 Å². The first-order valence-electron chi connectivity index (χ1n) is 7.09. The first-order valence-corrected chi connectivity index (χ1v) is 7.09. The smallest absolute Gasteiger partial charge is 0.123 e. The van der Waals surface area contributed by atoms with E-state index in [1.807, 2.05) is 20.0 Å². The summed E-state index contributed by atoms with van der Waals surface area (Å²) in [6.07, 6.45) is 5.23. The van der Waals surface area contributed by atoms with Gasteiger partial charge in [-0.15, -0.1) is 0 Å². The molecule has 1 nitrogen and oxygen atoms in total. The molecule has 0 bridgehead atoms. The minimum atomic E-state index is -0.135. The summed E-state index contributed by atoms with van der Waals surface area (Å²) in [4.78, 5) is 0. The van der Waals surface area contributed by atoms with Gasteiger partial charge in [0.1, 0.15) is 5.82 Å². The Morgan fingerprint density at radius 3 is 2.72 bits per heavy atom. The summed E-state index contributed by atoms with van der Waals surface area (Å²) in [7, 11) is 2.02. The third kappa shape index (κ3) is 2.74. The molecule has 2 rings (SSSR count). The lowest BCUT2D eigenvalue weighted by Crippen LogP contribution is -2.24. The lowest BCUT2D eigenvalue weighted by atomic mass is 9.88. The van der Waals surface area contributed by atoms with Crippen molar-refractivity contribution in [2.75, 3.05) is 7.05 Å². The summed E-state index contributed by atoms with van der Waals surface area (Å²) >= 11 is 0. The fourth-order valence-electron chi connectivity index (χ4n) is 3.42. The van der Waals surface area contributed by atoms with Crippen LogP contribution in [-0.4, -0.2) is 7.05 Å². The van der Waals surface area contributed by atoms with Crippen LogP contribution in [0.25, 0.3) is 0 Å². The monoisotopic (exact) mass is 249 g/mol. The molecule has 18 heavy (non-hydrogen) atoms. The summed E-state index contributed by atoms with van der Waals surface area (Å²) in [5.41, 5.74) is 2.33. The molecular formula is C16H24FN. The van der Waals surface area contributed by atoms with Crippen molar-refractivity contribution in [3.63, 3.8) is 0 Å². The van der Waals surface area contributed by atoms with Crippen molar-refractivity contribution in [1.82, 2.24) is 5.32 Å². The highest BCUT2D eigenvalue weighted by Gasteiger charge is 2.30. The Balaban J connectivity index is 2.18. The van der Waals surface area contributed by atoms with Crippen LogP contribution in [0.3, 0.4) is 0 Å². The minimum Gasteiger partial charge on any atom is -0.313 e. The molecule has 1 aromatic carbocycles. The Morgan fingerprint density at radius 1 is 1.39 bits per heavy atom. The van der Waals surface area contributed by atoms with Crippen molar-refractivity contribution in [2.24, 2.45) is 11.8 Å². The SMILES string of the molecule is CCC1CCC(C(NC)c2ccc(F)cc2C)C1. The maximum atomic E-state index is 13.2. The molecule has 1 aliphatic carbocycles. The zero-order valence-electron chi connectivity index (χ0n) is 11.7. The van der Waals surface area contributed by atoms with Crippen molar-refractivity contribution in [3.05, 3.63) is 35.1 Å². The van der Waals surface area contributed by atoms with Gasteiger partial charge in [-0.25, -0.2) is 4.39 Å². The van der Waals surface area contributed by atoms with Crippen LogP contribution < -0.4 is 5.32 Å². The summed E-state index contributed by atoms with van der Waals surface area (Å²) in [5, 5.41) is 3.44. The highest BCUT2D eigenvalue weighted by Crippen LogP contribution is 2.40. The average Bonchev–Trinajstić information content (AvgIpc) is 2.81. The zero-order chi connectivity index (χ0) is 13.1. The number of halogens is 1. The van der Waals surface area contributed by atoms with Gasteiger partial charge in [-0.05, 0) is 61.9 Å². The van der Waals surface area contributed by atoms with Crippen LogP contribution in [0, 0.1) is 24.6 Å². The second-order valence-corrected chi connectivity index (χ2v) is 5.61. The minimum absolute atomic E-state index is 0.135. The Labute approximate surface area is 110 Å². The molecule has 1 aliphatic rings. The Kier molecular flexibility index (Phi) is 4.39. The van der Waals surface area contributed by atoms with Crippen LogP contribution in [0.15, 0.2) is 18.2 Å². The maximum absolute atomic E-state index is 13.2. The average molecular weight is 249 g/mol. The molecule has 0 amide bonds. The molecule has 1 N–H and O–H groups in total. The molecule has 0 spiro atoms. The van der Waals surface area contributed by atoms with Gasteiger partial charge in [0.2, 0.25) is 0 Å². The molecule has 0 aliphatic heterocycles. The van der Waals surface area contributed by atoms with Gasteiger partial charge in [-0.1, -0.05) is 25.8 Å². The van der Waals surface area contributed by atoms with Gasteiger partial charge >= 0.3 is 0 Å². The van der Waals surface area contributed by atoms with Crippen molar-refractivity contribution >= 4 is 0 Å². The molecule has 1 aromatic rings. The summed E-state index contributed by atoms with van der Waals surface area (Å²) in [6, 6.07) is 5.55. The van der Waals surface area contributed by atoms with Gasteiger partial charge in [0.25, 0.3) is 0 Å². The molecular weight excluding hydrogens is 225 g/mol. The van der Waals surface area contributed by atoms with Gasteiger partial charge in [-0.2, -0.15) is 0 Å². The lowest BCUT2D eigenvalue weighted by Gasteiger charge is -2.25. The predicted molar refractivity (Wildman–Crippen MR) is 74.1 cm³/mol. The van der Waals surface area contributed by atoms with Gasteiger partial charge in [0, 0.05) is 6.04 Å². The molecule has 100 valence electrons. The van der Waals surface area contributed by atoms with Gasteiger partial charge in [0.15, 0.2) is 0 Å². The predicted octanol–water partition coefficient (Wildman–Crippen LogP) is 4.22. The van der Waals surface area contributed by atoms with Crippen LogP contribution in [0.1, 0.15) is 49.8 Å². The first kappa shape index (κ1) is 13.5. The fourth-order valence-corrected chi connectivity index (χ4v) is 3.42. The van der Waals surface area contributed by atoms with Gasteiger partial charge < -0.3 is 5.32 Å². The molecule has 1 saturated carbocycles. The van der Waals surface area contributed by atoms with Crippen molar-refractivity contribution in [2.45, 2.75) is 45.6 Å². The van der Waals surface area contributed by atoms with Gasteiger partial charge in [0.05, 0.1) is 0 Å². The Morgan fingerprint density at radius 2 is 2.17 bits per heavy atom. The van der Waals surface area contributed by atoms with Crippen LogP contribution in [0.4, 0.5) is 4.39 Å². The quantitative estimate of drug-likeness (QED) is 0.842. The van der Waals surface area contributed by atoms with E-state index in [2.05, 4.69) is 12.2 Å². The van der Waals surface area contributed by atoms with E-state index in [1.165, 1.54) is 31.2 Å². The Hall–Kier alpha value is -0.890. The molecule has 2 heteroatoms. The number of aryl methyl sites for hydroxylation is 1. The normalized spacial score (nSPS) is 25.3. The van der Waals surface area contributed by atoms with E-state index in [1.54, 1.807) is 12.1 Å². The lowest BCUT2D eigenvalue weighted by molar-refractivity contribution is 0.371.